The highest BCUT2D eigenvalue weighted by molar-refractivity contribution is 8.01. The number of amides is 2. The van der Waals surface area contributed by atoms with Gasteiger partial charge in [-0.15, -0.1) is 23.5 Å². The van der Waals surface area contributed by atoms with Crippen LogP contribution < -0.4 is 4.90 Å². The number of aromatic hydroxyl groups is 1. The second-order valence-electron chi connectivity index (χ2n) is 7.49. The Kier molecular flexibility index (Phi) is 3.76. The van der Waals surface area contributed by atoms with Crippen LogP contribution in [-0.4, -0.2) is 61.3 Å². The first-order valence-corrected chi connectivity index (χ1v) is 11.5. The van der Waals surface area contributed by atoms with Gasteiger partial charge in [-0.05, 0) is 29.7 Å². The summed E-state index contributed by atoms with van der Waals surface area (Å²) in [7, 11) is 0. The SMILES string of the molecule is CS[C@@]12Cc3cccc(O)c3N1C(=O)[C@]1(SC)CC3=CC=C[C@H](O)[C@H]3N1C2=O. The molecule has 8 heteroatoms. The fourth-order valence-corrected chi connectivity index (χ4v) is 6.96. The van der Waals surface area contributed by atoms with Gasteiger partial charge in [0.25, 0.3) is 11.8 Å². The molecule has 6 nitrogen and oxygen atoms in total. The lowest BCUT2D eigenvalue weighted by Crippen LogP contribution is -2.74. The maximum atomic E-state index is 14.0. The number of fused-ring (bicyclic) bond motifs is 6. The van der Waals surface area contributed by atoms with Gasteiger partial charge in [0.05, 0.1) is 17.8 Å². The smallest absolute Gasteiger partial charge is 0.265 e. The molecule has 0 aromatic heterocycles. The summed E-state index contributed by atoms with van der Waals surface area (Å²) in [6.07, 6.45) is 8.85. The predicted octanol–water partition coefficient (Wildman–Crippen LogP) is 1.87. The molecule has 2 N–H and O–H groups in total. The molecule has 0 saturated carbocycles. The number of benzene rings is 1. The number of allylic oxidation sites excluding steroid dienone is 2. The molecule has 0 bridgehead atoms. The fraction of sp³-hybridized carbons (Fsp3) is 0.400. The molecule has 0 spiro atoms. The normalized spacial score (nSPS) is 35.5. The van der Waals surface area contributed by atoms with E-state index in [0.29, 0.717) is 18.5 Å². The van der Waals surface area contributed by atoms with Crippen LogP contribution in [0.5, 0.6) is 5.75 Å². The van der Waals surface area contributed by atoms with Gasteiger partial charge in [0.1, 0.15) is 5.75 Å². The van der Waals surface area contributed by atoms with Crippen LogP contribution in [0.3, 0.4) is 0 Å². The molecule has 1 aromatic carbocycles. The maximum absolute atomic E-state index is 14.0. The highest BCUT2D eigenvalue weighted by Gasteiger charge is 2.70. The van der Waals surface area contributed by atoms with E-state index in [9.17, 15) is 19.8 Å². The lowest BCUT2D eigenvalue weighted by atomic mass is 9.96. The number of anilines is 1. The average Bonchev–Trinajstić information content (AvgIpc) is 3.22. The summed E-state index contributed by atoms with van der Waals surface area (Å²) in [4.78, 5) is 28.8. The predicted molar refractivity (Wildman–Crippen MR) is 110 cm³/mol. The van der Waals surface area contributed by atoms with Crippen molar-refractivity contribution >= 4 is 41.0 Å². The van der Waals surface area contributed by atoms with Crippen molar-refractivity contribution in [3.63, 3.8) is 0 Å². The summed E-state index contributed by atoms with van der Waals surface area (Å²) in [5.74, 6) is -0.389. The van der Waals surface area contributed by atoms with Crippen LogP contribution in [0.4, 0.5) is 5.69 Å². The molecule has 3 heterocycles. The van der Waals surface area contributed by atoms with Crippen LogP contribution in [0.15, 0.2) is 42.0 Å². The standard InChI is InChI=1S/C20H20N2O4S2/c1-27-19-9-11-5-3-7-13(23)15(11)21(19)18(26)20(28-2)10-12-6-4-8-14(24)16(12)22(20)17(19)25/h3-8,13,15,23-24H,9-10H2,1-2H3/t13-,15-,19+,20+/m0/s1. The zero-order valence-corrected chi connectivity index (χ0v) is 17.1. The van der Waals surface area contributed by atoms with Gasteiger partial charge in [0.2, 0.25) is 0 Å². The van der Waals surface area contributed by atoms with E-state index in [1.807, 2.05) is 24.7 Å². The average molecular weight is 417 g/mol. The number of carbonyl (C=O) groups is 2. The molecule has 5 rings (SSSR count). The van der Waals surface area contributed by atoms with Crippen LogP contribution in [0.2, 0.25) is 0 Å². The zero-order valence-electron chi connectivity index (χ0n) is 15.5. The molecule has 0 unspecified atom stereocenters. The summed E-state index contributed by atoms with van der Waals surface area (Å²) in [6.45, 7) is 0. The molecule has 1 aromatic rings. The van der Waals surface area contributed by atoms with Gasteiger partial charge in [-0.1, -0.05) is 30.4 Å². The number of carbonyl (C=O) groups excluding carboxylic acids is 2. The Labute approximate surface area is 171 Å². The van der Waals surface area contributed by atoms with E-state index in [-0.39, 0.29) is 17.6 Å². The van der Waals surface area contributed by atoms with Gasteiger partial charge >= 0.3 is 0 Å². The van der Waals surface area contributed by atoms with E-state index in [1.54, 1.807) is 29.2 Å². The number of hydrogen-bond donors (Lipinski definition) is 2. The summed E-state index contributed by atoms with van der Waals surface area (Å²) in [6, 6.07) is 4.61. The monoisotopic (exact) mass is 416 g/mol. The number of hydrogen-bond acceptors (Lipinski definition) is 6. The van der Waals surface area contributed by atoms with E-state index < -0.39 is 21.9 Å². The lowest BCUT2D eigenvalue weighted by molar-refractivity contribution is -0.150. The lowest BCUT2D eigenvalue weighted by Gasteiger charge is -2.52. The number of rotatable bonds is 2. The Hall–Kier alpha value is -1.90. The van der Waals surface area contributed by atoms with E-state index in [2.05, 4.69) is 0 Å². The molecular weight excluding hydrogens is 396 g/mol. The van der Waals surface area contributed by atoms with Crippen LogP contribution in [0, 0.1) is 0 Å². The maximum Gasteiger partial charge on any atom is 0.265 e. The van der Waals surface area contributed by atoms with Crippen LogP contribution in [-0.2, 0) is 16.0 Å². The van der Waals surface area contributed by atoms with Gasteiger partial charge in [-0.3, -0.25) is 14.5 Å². The Bertz CT molecular complexity index is 977. The highest BCUT2D eigenvalue weighted by Crippen LogP contribution is 2.59. The van der Waals surface area contributed by atoms with E-state index in [0.717, 1.165) is 11.1 Å². The topological polar surface area (TPSA) is 81.1 Å². The number of piperazine rings is 1. The molecule has 146 valence electrons. The van der Waals surface area contributed by atoms with Gasteiger partial charge in [0, 0.05) is 12.8 Å². The Balaban J connectivity index is 1.75. The van der Waals surface area contributed by atoms with Crippen molar-refractivity contribution in [3.8, 4) is 5.75 Å². The van der Waals surface area contributed by atoms with E-state index >= 15 is 0 Å². The number of aliphatic hydroxyl groups is 1. The third-order valence-electron chi connectivity index (χ3n) is 6.31. The second-order valence-corrected chi connectivity index (χ2v) is 9.66. The molecule has 2 saturated heterocycles. The fourth-order valence-electron chi connectivity index (χ4n) is 5.06. The minimum absolute atomic E-state index is 0.00982. The first-order valence-electron chi connectivity index (χ1n) is 9.06. The van der Waals surface area contributed by atoms with Crippen LogP contribution >= 0.6 is 23.5 Å². The van der Waals surface area contributed by atoms with Crippen molar-refractivity contribution in [1.82, 2.24) is 4.90 Å². The molecule has 3 aliphatic heterocycles. The summed E-state index contributed by atoms with van der Waals surface area (Å²) in [5, 5.41) is 21.2. The molecule has 4 atom stereocenters. The first-order chi connectivity index (χ1) is 13.4. The molecule has 28 heavy (non-hydrogen) atoms. The molecule has 2 fully saturated rings. The van der Waals surface area contributed by atoms with Crippen molar-refractivity contribution < 1.29 is 19.8 Å². The van der Waals surface area contributed by atoms with Crippen LogP contribution in [0.25, 0.3) is 0 Å². The van der Waals surface area contributed by atoms with Gasteiger partial charge < -0.3 is 15.1 Å². The number of phenolic OH excluding ortho intramolecular Hbond substituents is 1. The largest absolute Gasteiger partial charge is 0.506 e. The van der Waals surface area contributed by atoms with E-state index in [4.69, 9.17) is 0 Å². The number of para-hydroxylation sites is 1. The van der Waals surface area contributed by atoms with E-state index in [1.165, 1.54) is 28.4 Å². The molecule has 2 amide bonds. The van der Waals surface area contributed by atoms with Crippen molar-refractivity contribution in [3.05, 3.63) is 47.6 Å². The van der Waals surface area contributed by atoms with Gasteiger partial charge in [-0.2, -0.15) is 0 Å². The summed E-state index contributed by atoms with van der Waals surface area (Å²) < 4.78 is 0. The van der Waals surface area contributed by atoms with Gasteiger partial charge in [0.15, 0.2) is 9.74 Å². The first kappa shape index (κ1) is 18.1. The van der Waals surface area contributed by atoms with Crippen molar-refractivity contribution in [2.24, 2.45) is 0 Å². The number of thioether (sulfide) groups is 2. The Morgan fingerprint density at radius 3 is 2.57 bits per heavy atom. The Morgan fingerprint density at radius 2 is 1.86 bits per heavy atom. The third-order valence-corrected chi connectivity index (χ3v) is 8.68. The molecule has 4 aliphatic rings. The second kappa shape index (κ2) is 5.81. The molecule has 1 aliphatic carbocycles. The molecule has 0 radical (unpaired) electrons. The molecular formula is C20H20N2O4S2. The Morgan fingerprint density at radius 1 is 1.11 bits per heavy atom. The minimum atomic E-state index is -1.15. The minimum Gasteiger partial charge on any atom is -0.506 e. The summed E-state index contributed by atoms with van der Waals surface area (Å²) >= 11 is 2.64. The van der Waals surface area contributed by atoms with Crippen molar-refractivity contribution in [2.45, 2.75) is 34.7 Å². The third kappa shape index (κ3) is 1.91. The number of nitrogens with zero attached hydrogens (tertiary/aromatic N) is 2. The van der Waals surface area contributed by atoms with Crippen LogP contribution in [0.1, 0.15) is 12.0 Å². The summed E-state index contributed by atoms with van der Waals surface area (Å²) in [5.41, 5.74) is 2.11. The van der Waals surface area contributed by atoms with Crippen molar-refractivity contribution in [1.29, 1.82) is 0 Å². The zero-order chi connectivity index (χ0) is 19.8. The highest BCUT2D eigenvalue weighted by atomic mass is 32.2. The number of aliphatic hydroxyl groups excluding tert-OH is 1. The van der Waals surface area contributed by atoms with Gasteiger partial charge in [-0.25, -0.2) is 0 Å². The number of phenols is 1. The quantitative estimate of drug-likeness (QED) is 0.766. The van der Waals surface area contributed by atoms with Crippen molar-refractivity contribution in [2.75, 3.05) is 17.4 Å².